The minimum Gasteiger partial charge on any atom is -0.480 e. The van der Waals surface area contributed by atoms with E-state index in [1.54, 1.807) is 0 Å². The Balaban J connectivity index is 2.07. The van der Waals surface area contributed by atoms with E-state index >= 15 is 0 Å². The molecule has 1 aliphatic heterocycles. The average Bonchev–Trinajstić information content (AvgIpc) is 2.54. The summed E-state index contributed by atoms with van der Waals surface area (Å²) in [5.74, 6) is -1.79. The summed E-state index contributed by atoms with van der Waals surface area (Å²) < 4.78 is 0. The van der Waals surface area contributed by atoms with E-state index in [1.807, 2.05) is 30.3 Å². The summed E-state index contributed by atoms with van der Waals surface area (Å²) in [5.41, 5.74) is 6.92. The van der Waals surface area contributed by atoms with Crippen molar-refractivity contribution in [2.45, 2.75) is 38.3 Å². The summed E-state index contributed by atoms with van der Waals surface area (Å²) in [4.78, 5) is 36.8. The van der Waals surface area contributed by atoms with Gasteiger partial charge in [0.1, 0.15) is 11.8 Å². The predicted molar refractivity (Wildman–Crippen MR) is 84.7 cm³/mol. The first-order chi connectivity index (χ1) is 10.9. The van der Waals surface area contributed by atoms with Crippen LogP contribution in [0.3, 0.4) is 0 Å². The molecule has 6 heteroatoms. The van der Waals surface area contributed by atoms with Gasteiger partial charge in [-0.05, 0) is 31.7 Å². The van der Waals surface area contributed by atoms with Crippen molar-refractivity contribution < 1.29 is 19.5 Å². The molecule has 0 spiro atoms. The number of hydrogen-bond acceptors (Lipinski definition) is 4. The number of hydrogen-bond donors (Lipinski definition) is 2. The molecule has 3 N–H and O–H groups in total. The van der Waals surface area contributed by atoms with E-state index in [-0.39, 0.29) is 30.6 Å². The third-order valence-corrected chi connectivity index (χ3v) is 4.36. The Morgan fingerprint density at radius 3 is 2.52 bits per heavy atom. The molecular weight excluding hydrogens is 296 g/mol. The van der Waals surface area contributed by atoms with E-state index in [9.17, 15) is 19.5 Å². The van der Waals surface area contributed by atoms with Gasteiger partial charge in [0.2, 0.25) is 5.91 Å². The van der Waals surface area contributed by atoms with E-state index in [0.717, 1.165) is 5.56 Å². The highest BCUT2D eigenvalue weighted by Gasteiger charge is 2.39. The highest BCUT2D eigenvalue weighted by atomic mass is 16.4. The van der Waals surface area contributed by atoms with Crippen molar-refractivity contribution in [1.82, 2.24) is 4.90 Å². The molecule has 0 aliphatic carbocycles. The van der Waals surface area contributed by atoms with E-state index in [1.165, 1.54) is 11.8 Å². The number of rotatable bonds is 5. The molecule has 6 nitrogen and oxygen atoms in total. The molecule has 1 aliphatic rings. The summed E-state index contributed by atoms with van der Waals surface area (Å²) in [5, 5.41) is 9.38. The van der Waals surface area contributed by atoms with Crippen molar-refractivity contribution in [3.05, 3.63) is 35.9 Å². The largest absolute Gasteiger partial charge is 0.480 e. The van der Waals surface area contributed by atoms with E-state index in [4.69, 9.17) is 5.73 Å². The molecule has 1 aromatic rings. The number of carbonyl (C=O) groups excluding carboxylic acids is 2. The van der Waals surface area contributed by atoms with Crippen LogP contribution in [-0.2, 0) is 20.8 Å². The molecule has 1 amide bonds. The lowest BCUT2D eigenvalue weighted by Gasteiger charge is -2.37. The number of aliphatic carboxylic acids is 1. The Kier molecular flexibility index (Phi) is 5.50. The Labute approximate surface area is 135 Å². The van der Waals surface area contributed by atoms with Crippen molar-refractivity contribution in [3.63, 3.8) is 0 Å². The van der Waals surface area contributed by atoms with Gasteiger partial charge in [-0.25, -0.2) is 4.79 Å². The van der Waals surface area contributed by atoms with Gasteiger partial charge in [0, 0.05) is 12.5 Å². The van der Waals surface area contributed by atoms with Gasteiger partial charge in [-0.15, -0.1) is 0 Å². The number of benzene rings is 1. The van der Waals surface area contributed by atoms with Crippen LogP contribution < -0.4 is 5.73 Å². The molecule has 0 bridgehead atoms. The van der Waals surface area contributed by atoms with Gasteiger partial charge >= 0.3 is 5.97 Å². The fraction of sp³-hybridized carbons (Fsp3) is 0.471. The van der Waals surface area contributed by atoms with Gasteiger partial charge in [0.05, 0.1) is 6.04 Å². The summed E-state index contributed by atoms with van der Waals surface area (Å²) in [6.07, 6.45) is 1.01. The van der Waals surface area contributed by atoms with E-state index in [0.29, 0.717) is 12.8 Å². The minimum absolute atomic E-state index is 0.0306. The Bertz CT molecular complexity index is 588. The van der Waals surface area contributed by atoms with Crippen LogP contribution in [0.4, 0.5) is 0 Å². The number of carboxylic acid groups (broad SMARTS) is 1. The van der Waals surface area contributed by atoms with Gasteiger partial charge in [0.25, 0.3) is 0 Å². The number of carbonyl (C=O) groups is 3. The number of likely N-dealkylation sites (tertiary alicyclic amines) is 1. The highest BCUT2D eigenvalue weighted by Crippen LogP contribution is 2.25. The van der Waals surface area contributed by atoms with Crippen LogP contribution in [0.2, 0.25) is 0 Å². The molecule has 23 heavy (non-hydrogen) atoms. The molecule has 0 radical (unpaired) electrons. The smallest absolute Gasteiger partial charge is 0.326 e. The molecule has 2 rings (SSSR count). The van der Waals surface area contributed by atoms with Crippen molar-refractivity contribution in [3.8, 4) is 0 Å². The summed E-state index contributed by atoms with van der Waals surface area (Å²) in [7, 11) is 0. The molecule has 0 saturated carbocycles. The molecule has 0 aromatic heterocycles. The van der Waals surface area contributed by atoms with Crippen LogP contribution in [0.1, 0.15) is 25.3 Å². The molecule has 1 saturated heterocycles. The lowest BCUT2D eigenvalue weighted by Crippen LogP contribution is -2.56. The fourth-order valence-electron chi connectivity index (χ4n) is 3.00. The first-order valence-corrected chi connectivity index (χ1v) is 7.73. The summed E-state index contributed by atoms with van der Waals surface area (Å²) in [6.45, 7) is 1.71. The van der Waals surface area contributed by atoms with Crippen LogP contribution in [0.5, 0.6) is 0 Å². The lowest BCUT2D eigenvalue weighted by molar-refractivity contribution is -0.154. The first-order valence-electron chi connectivity index (χ1n) is 7.73. The first kappa shape index (κ1) is 17.1. The van der Waals surface area contributed by atoms with Crippen molar-refractivity contribution in [2.75, 3.05) is 6.54 Å². The highest BCUT2D eigenvalue weighted by molar-refractivity contribution is 5.88. The van der Waals surface area contributed by atoms with E-state index in [2.05, 4.69) is 0 Å². The van der Waals surface area contributed by atoms with Crippen molar-refractivity contribution >= 4 is 17.7 Å². The van der Waals surface area contributed by atoms with Gasteiger partial charge in [-0.2, -0.15) is 0 Å². The molecule has 124 valence electrons. The number of nitrogens with zero attached hydrogens (tertiary/aromatic N) is 1. The van der Waals surface area contributed by atoms with Crippen molar-refractivity contribution in [1.29, 1.82) is 0 Å². The number of piperidine rings is 1. The zero-order valence-corrected chi connectivity index (χ0v) is 13.1. The minimum atomic E-state index is -1.09. The van der Waals surface area contributed by atoms with Crippen LogP contribution in [0.25, 0.3) is 0 Å². The second-order valence-electron chi connectivity index (χ2n) is 6.01. The summed E-state index contributed by atoms with van der Waals surface area (Å²) >= 11 is 0. The maximum absolute atomic E-state index is 12.5. The molecule has 1 fully saturated rings. The average molecular weight is 318 g/mol. The van der Waals surface area contributed by atoms with Gasteiger partial charge in [-0.1, -0.05) is 30.3 Å². The maximum atomic E-state index is 12.5. The molecular formula is C17H22N2O4. The van der Waals surface area contributed by atoms with Crippen LogP contribution in [0.15, 0.2) is 30.3 Å². The van der Waals surface area contributed by atoms with Crippen LogP contribution >= 0.6 is 0 Å². The standard InChI is InChI=1S/C17H22N2O4/c1-11(20)13-7-8-19(15(10-13)17(22)23)16(21)14(18)9-12-5-3-2-4-6-12/h2-6,13-15H,7-10,18H2,1H3,(H,22,23)/t13?,14-,15-/m0/s1. The second kappa shape index (κ2) is 7.37. The molecule has 1 heterocycles. The third-order valence-electron chi connectivity index (χ3n) is 4.36. The van der Waals surface area contributed by atoms with Gasteiger partial charge in [-0.3, -0.25) is 9.59 Å². The number of Topliss-reactive ketones (excluding diaryl/α,β-unsaturated/α-hetero) is 1. The second-order valence-corrected chi connectivity index (χ2v) is 6.01. The Morgan fingerprint density at radius 2 is 1.96 bits per heavy atom. The maximum Gasteiger partial charge on any atom is 0.326 e. The van der Waals surface area contributed by atoms with Gasteiger partial charge in [0.15, 0.2) is 0 Å². The number of nitrogens with two attached hydrogens (primary N) is 1. The number of carboxylic acids is 1. The topological polar surface area (TPSA) is 101 Å². The zero-order valence-electron chi connectivity index (χ0n) is 13.1. The predicted octanol–water partition coefficient (Wildman–Crippen LogP) is 0.837. The monoisotopic (exact) mass is 318 g/mol. The lowest BCUT2D eigenvalue weighted by atomic mass is 9.87. The SMILES string of the molecule is CC(=O)C1CCN(C(=O)[C@@H](N)Cc2ccccc2)[C@H](C(=O)O)C1. The molecule has 1 unspecified atom stereocenters. The number of ketones is 1. The van der Waals surface area contributed by atoms with Crippen LogP contribution in [0, 0.1) is 5.92 Å². The van der Waals surface area contributed by atoms with Gasteiger partial charge < -0.3 is 15.7 Å². The quantitative estimate of drug-likeness (QED) is 0.838. The van der Waals surface area contributed by atoms with E-state index < -0.39 is 18.1 Å². The number of amides is 1. The molecule has 3 atom stereocenters. The summed E-state index contributed by atoms with van der Waals surface area (Å²) in [6, 6.07) is 7.60. The normalized spacial score (nSPS) is 22.4. The third kappa shape index (κ3) is 4.16. The van der Waals surface area contributed by atoms with Crippen molar-refractivity contribution in [2.24, 2.45) is 11.7 Å². The molecule has 1 aromatic carbocycles. The fourth-order valence-corrected chi connectivity index (χ4v) is 3.00. The Morgan fingerprint density at radius 1 is 1.30 bits per heavy atom. The Hall–Kier alpha value is -2.21. The zero-order chi connectivity index (χ0) is 17.0. The van der Waals surface area contributed by atoms with Crippen LogP contribution in [-0.4, -0.2) is 46.3 Å².